The lowest BCUT2D eigenvalue weighted by Gasteiger charge is -2.28. The molecule has 4 heteroatoms. The van der Waals surface area contributed by atoms with E-state index < -0.39 is 5.97 Å². The van der Waals surface area contributed by atoms with Crippen molar-refractivity contribution in [2.45, 2.75) is 37.7 Å². The van der Waals surface area contributed by atoms with E-state index in [2.05, 4.69) is 44.9 Å². The summed E-state index contributed by atoms with van der Waals surface area (Å²) in [6, 6.07) is 10.6. The minimum Gasteiger partial charge on any atom is -0.497 e. The summed E-state index contributed by atoms with van der Waals surface area (Å²) in [6.45, 7) is 0. The first kappa shape index (κ1) is 15.1. The smallest absolute Gasteiger partial charge is 0.348 e. The van der Waals surface area contributed by atoms with Crippen LogP contribution in [-0.2, 0) is 14.3 Å². The van der Waals surface area contributed by atoms with Crippen molar-refractivity contribution in [2.24, 2.45) is 0 Å². The van der Waals surface area contributed by atoms with Gasteiger partial charge >= 0.3 is 5.97 Å². The zero-order chi connectivity index (χ0) is 14.4. The third-order valence-corrected chi connectivity index (χ3v) is 4.20. The topological polar surface area (TPSA) is 35.5 Å². The normalized spacial score (nSPS) is 23.2. The SMILES string of the molecule is COC(=O)/C(Br)=C/O[C@H]1CC[C@@H](c2ccccc2)CC1. The lowest BCUT2D eigenvalue weighted by molar-refractivity contribution is -0.135. The third-order valence-electron chi connectivity index (χ3n) is 3.69. The number of ether oxygens (including phenoxy) is 2. The molecule has 0 aromatic heterocycles. The van der Waals surface area contributed by atoms with Gasteiger partial charge in [0.2, 0.25) is 0 Å². The summed E-state index contributed by atoms with van der Waals surface area (Å²) in [5, 5.41) is 0. The van der Waals surface area contributed by atoms with Gasteiger partial charge in [0.05, 0.1) is 13.2 Å². The number of halogens is 1. The average molecular weight is 339 g/mol. The highest BCUT2D eigenvalue weighted by molar-refractivity contribution is 9.12. The molecular formula is C16H19BrO3. The van der Waals surface area contributed by atoms with Gasteiger partial charge in [-0.05, 0) is 53.1 Å². The van der Waals surface area contributed by atoms with Crippen molar-refractivity contribution in [3.8, 4) is 0 Å². The van der Waals surface area contributed by atoms with Crippen LogP contribution in [0.1, 0.15) is 37.2 Å². The highest BCUT2D eigenvalue weighted by Gasteiger charge is 2.22. The number of carbonyl (C=O) groups is 1. The molecule has 0 spiro atoms. The standard InChI is InChI=1S/C16H19BrO3/c1-19-16(18)15(17)11-20-14-9-7-13(8-10-14)12-5-3-2-4-6-12/h2-6,11,13-14H,7-10H2,1H3/b15-11-/t13-,14+. The molecule has 20 heavy (non-hydrogen) atoms. The van der Waals surface area contributed by atoms with Gasteiger partial charge < -0.3 is 9.47 Å². The van der Waals surface area contributed by atoms with Crippen molar-refractivity contribution in [1.82, 2.24) is 0 Å². The Labute approximate surface area is 128 Å². The predicted octanol–water partition coefficient (Wildman–Crippen LogP) is 4.14. The van der Waals surface area contributed by atoms with Crippen LogP contribution in [0.2, 0.25) is 0 Å². The average Bonchev–Trinajstić information content (AvgIpc) is 2.53. The Bertz CT molecular complexity index is 462. The maximum absolute atomic E-state index is 11.2. The minimum absolute atomic E-state index is 0.187. The number of hydrogen-bond donors (Lipinski definition) is 0. The van der Waals surface area contributed by atoms with E-state index in [1.165, 1.54) is 18.9 Å². The van der Waals surface area contributed by atoms with Gasteiger partial charge in [0.15, 0.2) is 0 Å². The number of rotatable bonds is 4. The van der Waals surface area contributed by atoms with E-state index in [0.29, 0.717) is 10.4 Å². The van der Waals surface area contributed by atoms with Gasteiger partial charge in [0.25, 0.3) is 0 Å². The Balaban J connectivity index is 1.82. The van der Waals surface area contributed by atoms with E-state index in [4.69, 9.17) is 4.74 Å². The monoisotopic (exact) mass is 338 g/mol. The van der Waals surface area contributed by atoms with Crippen LogP contribution in [0.3, 0.4) is 0 Å². The molecule has 0 unspecified atom stereocenters. The first-order valence-electron chi connectivity index (χ1n) is 6.85. The summed E-state index contributed by atoms with van der Waals surface area (Å²) in [5.41, 5.74) is 1.41. The Morgan fingerprint density at radius 3 is 2.45 bits per heavy atom. The molecule has 1 saturated carbocycles. The van der Waals surface area contributed by atoms with Crippen LogP contribution < -0.4 is 0 Å². The lowest BCUT2D eigenvalue weighted by Crippen LogP contribution is -2.19. The molecule has 1 aromatic carbocycles. The molecule has 0 radical (unpaired) electrons. The molecule has 2 rings (SSSR count). The quantitative estimate of drug-likeness (QED) is 0.470. The van der Waals surface area contributed by atoms with Crippen LogP contribution >= 0.6 is 15.9 Å². The molecule has 108 valence electrons. The van der Waals surface area contributed by atoms with Gasteiger partial charge in [0, 0.05) is 0 Å². The van der Waals surface area contributed by atoms with Gasteiger partial charge in [-0.15, -0.1) is 0 Å². The molecule has 1 aliphatic rings. The number of carbonyl (C=O) groups excluding carboxylic acids is 1. The predicted molar refractivity (Wildman–Crippen MR) is 81.6 cm³/mol. The van der Waals surface area contributed by atoms with E-state index in [-0.39, 0.29) is 6.10 Å². The van der Waals surface area contributed by atoms with Gasteiger partial charge in [-0.1, -0.05) is 30.3 Å². The van der Waals surface area contributed by atoms with E-state index in [1.807, 2.05) is 6.07 Å². The van der Waals surface area contributed by atoms with E-state index in [9.17, 15) is 4.79 Å². The van der Waals surface area contributed by atoms with Gasteiger partial charge in [0.1, 0.15) is 10.7 Å². The fraction of sp³-hybridized carbons (Fsp3) is 0.438. The molecular weight excluding hydrogens is 320 g/mol. The molecule has 0 atom stereocenters. The van der Waals surface area contributed by atoms with Crippen molar-refractivity contribution >= 4 is 21.9 Å². The second-order valence-corrected chi connectivity index (χ2v) is 5.83. The summed E-state index contributed by atoms with van der Waals surface area (Å²) in [5.74, 6) is 0.215. The van der Waals surface area contributed by atoms with Gasteiger partial charge in [-0.25, -0.2) is 4.79 Å². The van der Waals surface area contributed by atoms with Crippen molar-refractivity contribution in [3.05, 3.63) is 46.6 Å². The number of hydrogen-bond acceptors (Lipinski definition) is 3. The van der Waals surface area contributed by atoms with Crippen molar-refractivity contribution in [3.63, 3.8) is 0 Å². The Morgan fingerprint density at radius 2 is 1.85 bits per heavy atom. The fourth-order valence-electron chi connectivity index (χ4n) is 2.56. The fourth-order valence-corrected chi connectivity index (χ4v) is 2.83. The second-order valence-electron chi connectivity index (χ2n) is 4.98. The molecule has 1 fully saturated rings. The van der Waals surface area contributed by atoms with Crippen LogP contribution in [0.25, 0.3) is 0 Å². The van der Waals surface area contributed by atoms with Crippen LogP contribution in [0.15, 0.2) is 41.1 Å². The summed E-state index contributed by atoms with van der Waals surface area (Å²) in [6.07, 6.45) is 5.91. The van der Waals surface area contributed by atoms with Gasteiger partial charge in [-0.2, -0.15) is 0 Å². The Kier molecular flexibility index (Phi) is 5.65. The van der Waals surface area contributed by atoms with Crippen molar-refractivity contribution < 1.29 is 14.3 Å². The van der Waals surface area contributed by atoms with Crippen molar-refractivity contribution in [1.29, 1.82) is 0 Å². The largest absolute Gasteiger partial charge is 0.497 e. The minimum atomic E-state index is -0.414. The zero-order valence-corrected chi connectivity index (χ0v) is 13.1. The summed E-state index contributed by atoms with van der Waals surface area (Å²) in [7, 11) is 1.35. The summed E-state index contributed by atoms with van der Waals surface area (Å²) >= 11 is 3.14. The lowest BCUT2D eigenvalue weighted by atomic mass is 9.83. The number of methoxy groups -OCH3 is 1. The van der Waals surface area contributed by atoms with Crippen LogP contribution in [0.4, 0.5) is 0 Å². The first-order chi connectivity index (χ1) is 9.70. The van der Waals surface area contributed by atoms with Crippen LogP contribution in [0, 0.1) is 0 Å². The summed E-state index contributed by atoms with van der Waals surface area (Å²) in [4.78, 5) is 11.2. The molecule has 0 bridgehead atoms. The second kappa shape index (κ2) is 7.48. The first-order valence-corrected chi connectivity index (χ1v) is 7.64. The summed E-state index contributed by atoms with van der Waals surface area (Å²) < 4.78 is 10.6. The molecule has 0 amide bonds. The van der Waals surface area contributed by atoms with Crippen LogP contribution in [0.5, 0.6) is 0 Å². The van der Waals surface area contributed by atoms with Crippen molar-refractivity contribution in [2.75, 3.05) is 7.11 Å². The number of benzene rings is 1. The zero-order valence-electron chi connectivity index (χ0n) is 11.5. The Hall–Kier alpha value is -1.29. The van der Waals surface area contributed by atoms with E-state index >= 15 is 0 Å². The molecule has 0 heterocycles. The molecule has 1 aliphatic carbocycles. The van der Waals surface area contributed by atoms with E-state index in [0.717, 1.165) is 25.7 Å². The maximum Gasteiger partial charge on any atom is 0.348 e. The molecule has 3 nitrogen and oxygen atoms in total. The maximum atomic E-state index is 11.2. The van der Waals surface area contributed by atoms with Gasteiger partial charge in [-0.3, -0.25) is 0 Å². The highest BCUT2D eigenvalue weighted by Crippen LogP contribution is 2.34. The third kappa shape index (κ3) is 4.10. The van der Waals surface area contributed by atoms with E-state index in [1.54, 1.807) is 0 Å². The molecule has 0 N–H and O–H groups in total. The molecule has 0 saturated heterocycles. The molecule has 1 aromatic rings. The molecule has 0 aliphatic heterocycles. The van der Waals surface area contributed by atoms with Crippen LogP contribution in [-0.4, -0.2) is 19.2 Å². The number of esters is 1. The Morgan fingerprint density at radius 1 is 1.20 bits per heavy atom. The highest BCUT2D eigenvalue weighted by atomic mass is 79.9.